The molecule has 0 N–H and O–H groups in total. The summed E-state index contributed by atoms with van der Waals surface area (Å²) >= 11 is 0. The van der Waals surface area contributed by atoms with E-state index in [9.17, 15) is 4.39 Å². The molecule has 1 saturated heterocycles. The van der Waals surface area contributed by atoms with Crippen LogP contribution < -0.4 is 4.74 Å². The third-order valence-electron chi connectivity index (χ3n) is 6.93. The second kappa shape index (κ2) is 11.1. The molecular formula is C26H36FN3O. The van der Waals surface area contributed by atoms with Crippen LogP contribution in [0.25, 0.3) is 0 Å². The van der Waals surface area contributed by atoms with Crippen LogP contribution in [0, 0.1) is 11.7 Å². The number of hydrogen-bond acceptors (Lipinski definition) is 4. The summed E-state index contributed by atoms with van der Waals surface area (Å²) in [5.74, 6) is 1.17. The molecule has 1 atom stereocenters. The monoisotopic (exact) mass is 425 g/mol. The minimum Gasteiger partial charge on any atom is -0.497 e. The average molecular weight is 426 g/mol. The van der Waals surface area contributed by atoms with Crippen LogP contribution in [0.4, 0.5) is 4.39 Å². The maximum Gasteiger partial charge on any atom is 0.127 e. The molecule has 2 fully saturated rings. The summed E-state index contributed by atoms with van der Waals surface area (Å²) in [7, 11) is 1.63. The lowest BCUT2D eigenvalue weighted by Crippen LogP contribution is -2.46. The minimum atomic E-state index is -0.163. The van der Waals surface area contributed by atoms with Crippen LogP contribution in [0.3, 0.4) is 0 Å². The number of halogens is 1. The van der Waals surface area contributed by atoms with Gasteiger partial charge in [-0.3, -0.25) is 9.88 Å². The van der Waals surface area contributed by atoms with Gasteiger partial charge in [0.15, 0.2) is 0 Å². The second-order valence-electron chi connectivity index (χ2n) is 9.28. The summed E-state index contributed by atoms with van der Waals surface area (Å²) in [5, 5.41) is 0. The van der Waals surface area contributed by atoms with E-state index in [4.69, 9.17) is 4.74 Å². The van der Waals surface area contributed by atoms with E-state index in [0.29, 0.717) is 23.8 Å². The van der Waals surface area contributed by atoms with Crippen molar-refractivity contribution in [3.05, 3.63) is 59.7 Å². The van der Waals surface area contributed by atoms with Crippen molar-refractivity contribution in [2.75, 3.05) is 26.7 Å². The Bertz CT molecular complexity index is 810. The quantitative estimate of drug-likeness (QED) is 0.576. The molecule has 0 unspecified atom stereocenters. The van der Waals surface area contributed by atoms with Crippen LogP contribution in [-0.4, -0.2) is 47.6 Å². The van der Waals surface area contributed by atoms with E-state index in [0.717, 1.165) is 19.1 Å². The fourth-order valence-corrected chi connectivity index (χ4v) is 5.36. The lowest BCUT2D eigenvalue weighted by atomic mass is 9.90. The Labute approximate surface area is 186 Å². The number of ether oxygens (including phenoxy) is 1. The van der Waals surface area contributed by atoms with E-state index < -0.39 is 0 Å². The van der Waals surface area contributed by atoms with Crippen LogP contribution in [-0.2, 0) is 13.1 Å². The molecule has 5 heteroatoms. The topological polar surface area (TPSA) is 28.6 Å². The Kier molecular flexibility index (Phi) is 7.92. The van der Waals surface area contributed by atoms with Crippen molar-refractivity contribution in [2.24, 2.45) is 5.92 Å². The Morgan fingerprint density at radius 2 is 1.97 bits per heavy atom. The van der Waals surface area contributed by atoms with Gasteiger partial charge in [0.1, 0.15) is 11.6 Å². The minimum absolute atomic E-state index is 0.163. The van der Waals surface area contributed by atoms with Crippen LogP contribution in [0.1, 0.15) is 56.1 Å². The molecule has 4 nitrogen and oxygen atoms in total. The third kappa shape index (κ3) is 6.27. The summed E-state index contributed by atoms with van der Waals surface area (Å²) < 4.78 is 19.9. The maximum atomic E-state index is 14.6. The lowest BCUT2D eigenvalue weighted by Gasteiger charge is -2.41. The first-order valence-corrected chi connectivity index (χ1v) is 11.9. The van der Waals surface area contributed by atoms with Crippen molar-refractivity contribution in [1.82, 2.24) is 14.8 Å². The largest absolute Gasteiger partial charge is 0.497 e. The van der Waals surface area contributed by atoms with E-state index in [1.165, 1.54) is 69.7 Å². The van der Waals surface area contributed by atoms with Crippen molar-refractivity contribution >= 4 is 0 Å². The van der Waals surface area contributed by atoms with Gasteiger partial charge in [-0.15, -0.1) is 0 Å². The van der Waals surface area contributed by atoms with Crippen molar-refractivity contribution in [3.8, 4) is 5.75 Å². The Balaban J connectivity index is 1.46. The van der Waals surface area contributed by atoms with Gasteiger partial charge in [0.05, 0.1) is 7.11 Å². The summed E-state index contributed by atoms with van der Waals surface area (Å²) in [6, 6.07) is 9.90. The van der Waals surface area contributed by atoms with Gasteiger partial charge >= 0.3 is 0 Å². The summed E-state index contributed by atoms with van der Waals surface area (Å²) in [4.78, 5) is 9.43. The van der Waals surface area contributed by atoms with E-state index in [1.807, 2.05) is 18.3 Å². The number of benzene rings is 1. The molecule has 0 spiro atoms. The molecule has 1 aliphatic heterocycles. The highest BCUT2D eigenvalue weighted by molar-refractivity contribution is 5.30. The van der Waals surface area contributed by atoms with Crippen molar-refractivity contribution in [3.63, 3.8) is 0 Å². The van der Waals surface area contributed by atoms with Gasteiger partial charge in [0, 0.05) is 50.2 Å². The van der Waals surface area contributed by atoms with Crippen molar-refractivity contribution in [2.45, 2.75) is 64.1 Å². The number of pyridine rings is 1. The highest BCUT2D eigenvalue weighted by Crippen LogP contribution is 2.28. The first-order valence-electron chi connectivity index (χ1n) is 11.9. The molecule has 1 aromatic carbocycles. The van der Waals surface area contributed by atoms with Crippen LogP contribution in [0.15, 0.2) is 42.7 Å². The van der Waals surface area contributed by atoms with E-state index in [1.54, 1.807) is 19.4 Å². The highest BCUT2D eigenvalue weighted by Gasteiger charge is 2.28. The second-order valence-corrected chi connectivity index (χ2v) is 9.28. The Hall–Kier alpha value is -1.98. The number of likely N-dealkylation sites (tertiary alicyclic amines) is 1. The maximum absolute atomic E-state index is 14.6. The number of piperidine rings is 1. The Morgan fingerprint density at radius 3 is 2.74 bits per heavy atom. The molecule has 31 heavy (non-hydrogen) atoms. The van der Waals surface area contributed by atoms with Crippen LogP contribution >= 0.6 is 0 Å². The van der Waals surface area contributed by atoms with Crippen LogP contribution in [0.5, 0.6) is 5.75 Å². The van der Waals surface area contributed by atoms with Gasteiger partial charge in [-0.25, -0.2) is 4.39 Å². The highest BCUT2D eigenvalue weighted by atomic mass is 19.1. The van der Waals surface area contributed by atoms with Gasteiger partial charge in [0.2, 0.25) is 0 Å². The van der Waals surface area contributed by atoms with Crippen LogP contribution in [0.2, 0.25) is 0 Å². The standard InChI is InChI=1S/C26H36FN3O/c1-31-25-11-12-26(27)23(15-25)20-29(17-21-7-5-13-28-16-21)18-22-8-6-14-30(19-22)24-9-3-2-4-10-24/h5,7,11-13,15-16,22,24H,2-4,6,8-10,14,17-20H2,1H3/t22-/m0/s1. The van der Waals surface area contributed by atoms with E-state index >= 15 is 0 Å². The fraction of sp³-hybridized carbons (Fsp3) is 0.577. The summed E-state index contributed by atoms with van der Waals surface area (Å²) in [6.07, 6.45) is 13.1. The molecule has 1 aromatic heterocycles. The molecular weight excluding hydrogens is 389 g/mol. The predicted octanol–water partition coefficient (Wildman–Crippen LogP) is 5.28. The van der Waals surface area contributed by atoms with E-state index in [2.05, 4.69) is 20.9 Å². The van der Waals surface area contributed by atoms with E-state index in [-0.39, 0.29) is 5.82 Å². The zero-order chi connectivity index (χ0) is 21.5. The average Bonchev–Trinajstić information content (AvgIpc) is 2.82. The number of methoxy groups -OCH3 is 1. The smallest absolute Gasteiger partial charge is 0.127 e. The van der Waals surface area contributed by atoms with Crippen molar-refractivity contribution in [1.29, 1.82) is 0 Å². The number of aromatic nitrogens is 1. The molecule has 1 aliphatic carbocycles. The summed E-state index contributed by atoms with van der Waals surface area (Å²) in [6.45, 7) is 4.76. The first-order chi connectivity index (χ1) is 15.2. The van der Waals surface area contributed by atoms with Gasteiger partial charge in [0.25, 0.3) is 0 Å². The SMILES string of the molecule is COc1ccc(F)c(CN(Cc2cccnc2)C[C@@H]2CCCN(C3CCCCC3)C2)c1. The molecule has 1 saturated carbocycles. The number of rotatable bonds is 8. The Morgan fingerprint density at radius 1 is 1.10 bits per heavy atom. The molecule has 2 aromatic rings. The molecule has 2 heterocycles. The molecule has 4 rings (SSSR count). The van der Waals surface area contributed by atoms with Gasteiger partial charge in [-0.2, -0.15) is 0 Å². The predicted molar refractivity (Wildman–Crippen MR) is 122 cm³/mol. The fourth-order valence-electron chi connectivity index (χ4n) is 5.36. The molecule has 0 bridgehead atoms. The molecule has 0 radical (unpaired) electrons. The zero-order valence-electron chi connectivity index (χ0n) is 18.8. The summed E-state index contributed by atoms with van der Waals surface area (Å²) in [5.41, 5.74) is 1.87. The number of nitrogens with zero attached hydrogens (tertiary/aromatic N) is 3. The third-order valence-corrected chi connectivity index (χ3v) is 6.93. The molecule has 2 aliphatic rings. The molecule has 0 amide bonds. The normalized spacial score (nSPS) is 20.8. The zero-order valence-corrected chi connectivity index (χ0v) is 18.8. The number of hydrogen-bond donors (Lipinski definition) is 0. The lowest BCUT2D eigenvalue weighted by molar-refractivity contribution is 0.0769. The van der Waals surface area contributed by atoms with Crippen molar-refractivity contribution < 1.29 is 9.13 Å². The van der Waals surface area contributed by atoms with Gasteiger partial charge < -0.3 is 9.64 Å². The first kappa shape index (κ1) is 22.2. The molecule has 168 valence electrons. The van der Waals surface area contributed by atoms with Gasteiger partial charge in [-0.05, 0) is 68.0 Å². The van der Waals surface area contributed by atoms with Gasteiger partial charge in [-0.1, -0.05) is 25.3 Å².